The number of carbonyl (C=O) groups is 2. The molecule has 4 rings (SSSR count). The van der Waals surface area contributed by atoms with Gasteiger partial charge in [0.05, 0.1) is 12.0 Å². The first-order chi connectivity index (χ1) is 15.0. The summed E-state index contributed by atoms with van der Waals surface area (Å²) >= 11 is 1.24. The standard InChI is InChI=1S/C21H20N6O3S/c1-4-13-5-7-14(8-6-13)20-26-11(2)16(31-20)21(29)30-12(3)19(28)27-18-15-17(23-9-22-15)24-10-25-18/h5-10,12H,4H2,1-3H3,(H2,22,23,24,25,27,28). The molecule has 1 atom stereocenters. The molecule has 0 bridgehead atoms. The zero-order valence-corrected chi connectivity index (χ0v) is 18.0. The summed E-state index contributed by atoms with van der Waals surface area (Å²) in [6, 6.07) is 8.06. The van der Waals surface area contributed by atoms with E-state index in [0.717, 1.165) is 17.0 Å². The average molecular weight is 436 g/mol. The quantitative estimate of drug-likeness (QED) is 0.443. The van der Waals surface area contributed by atoms with Crippen molar-refractivity contribution in [2.75, 3.05) is 5.32 Å². The van der Waals surface area contributed by atoms with E-state index < -0.39 is 18.0 Å². The fourth-order valence-electron chi connectivity index (χ4n) is 2.94. The van der Waals surface area contributed by atoms with E-state index in [4.69, 9.17) is 4.74 Å². The monoisotopic (exact) mass is 436 g/mol. The number of fused-ring (bicyclic) bond motifs is 1. The molecule has 158 valence electrons. The van der Waals surface area contributed by atoms with Crippen LogP contribution in [0, 0.1) is 6.92 Å². The highest BCUT2D eigenvalue weighted by Crippen LogP contribution is 2.29. The van der Waals surface area contributed by atoms with Gasteiger partial charge in [-0.1, -0.05) is 31.2 Å². The Labute approximate surface area is 181 Å². The molecular formula is C21H20N6O3S. The number of benzene rings is 1. The van der Waals surface area contributed by atoms with Gasteiger partial charge in [-0.25, -0.2) is 24.7 Å². The molecule has 0 radical (unpaired) electrons. The molecule has 1 unspecified atom stereocenters. The zero-order chi connectivity index (χ0) is 22.0. The summed E-state index contributed by atoms with van der Waals surface area (Å²) in [5, 5.41) is 3.36. The van der Waals surface area contributed by atoms with E-state index in [1.807, 2.05) is 24.3 Å². The van der Waals surface area contributed by atoms with Gasteiger partial charge in [-0.2, -0.15) is 0 Å². The number of anilines is 1. The van der Waals surface area contributed by atoms with Gasteiger partial charge in [-0.05, 0) is 25.8 Å². The second kappa shape index (κ2) is 8.60. The molecule has 31 heavy (non-hydrogen) atoms. The first-order valence-electron chi connectivity index (χ1n) is 9.69. The van der Waals surface area contributed by atoms with Crippen molar-refractivity contribution in [3.8, 4) is 10.6 Å². The zero-order valence-electron chi connectivity index (χ0n) is 17.2. The minimum absolute atomic E-state index is 0.266. The lowest BCUT2D eigenvalue weighted by Crippen LogP contribution is -2.30. The maximum Gasteiger partial charge on any atom is 0.351 e. The SMILES string of the molecule is CCc1ccc(-c2nc(C)c(C(=O)OC(C)C(=O)Nc3ncnc4nc[nH]c34)s2)cc1. The maximum absolute atomic E-state index is 12.7. The van der Waals surface area contributed by atoms with E-state index in [1.54, 1.807) is 6.92 Å². The number of ether oxygens (including phenoxy) is 1. The van der Waals surface area contributed by atoms with Crippen molar-refractivity contribution in [1.29, 1.82) is 0 Å². The van der Waals surface area contributed by atoms with Gasteiger partial charge < -0.3 is 15.0 Å². The molecule has 1 aromatic carbocycles. The lowest BCUT2D eigenvalue weighted by molar-refractivity contribution is -0.123. The Morgan fingerprint density at radius 1 is 1.19 bits per heavy atom. The smallest absolute Gasteiger partial charge is 0.351 e. The molecule has 0 saturated heterocycles. The number of esters is 1. The number of rotatable bonds is 6. The summed E-state index contributed by atoms with van der Waals surface area (Å²) in [4.78, 5) is 45.0. The number of amides is 1. The highest BCUT2D eigenvalue weighted by Gasteiger charge is 2.24. The number of carbonyl (C=O) groups excluding carboxylic acids is 2. The van der Waals surface area contributed by atoms with Gasteiger partial charge in [0, 0.05) is 5.56 Å². The molecule has 2 N–H and O–H groups in total. The molecule has 0 aliphatic rings. The lowest BCUT2D eigenvalue weighted by atomic mass is 10.1. The Morgan fingerprint density at radius 2 is 1.97 bits per heavy atom. The third-order valence-electron chi connectivity index (χ3n) is 4.71. The summed E-state index contributed by atoms with van der Waals surface area (Å²) < 4.78 is 5.38. The van der Waals surface area contributed by atoms with Crippen molar-refractivity contribution in [2.24, 2.45) is 0 Å². The van der Waals surface area contributed by atoms with E-state index >= 15 is 0 Å². The summed E-state index contributed by atoms with van der Waals surface area (Å²) in [5.41, 5.74) is 3.64. The molecule has 10 heteroatoms. The van der Waals surface area contributed by atoms with Crippen molar-refractivity contribution < 1.29 is 14.3 Å². The van der Waals surface area contributed by atoms with Crippen LogP contribution in [-0.2, 0) is 16.0 Å². The molecular weight excluding hydrogens is 416 g/mol. The lowest BCUT2D eigenvalue weighted by Gasteiger charge is -2.12. The number of thiazole rings is 1. The predicted octanol–water partition coefficient (Wildman–Crippen LogP) is 3.53. The maximum atomic E-state index is 12.7. The number of imidazole rings is 1. The van der Waals surface area contributed by atoms with Crippen LogP contribution in [-0.4, -0.2) is 42.9 Å². The molecule has 4 aromatic rings. The van der Waals surface area contributed by atoms with Crippen LogP contribution in [0.5, 0.6) is 0 Å². The van der Waals surface area contributed by atoms with E-state index in [2.05, 4.69) is 37.2 Å². The van der Waals surface area contributed by atoms with Gasteiger partial charge in [0.25, 0.3) is 5.91 Å². The summed E-state index contributed by atoms with van der Waals surface area (Å²) in [6.07, 6.45) is 2.67. The van der Waals surface area contributed by atoms with Crippen LogP contribution in [0.25, 0.3) is 21.7 Å². The average Bonchev–Trinajstić information content (AvgIpc) is 3.41. The predicted molar refractivity (Wildman–Crippen MR) is 117 cm³/mol. The molecule has 0 aliphatic carbocycles. The third-order valence-corrected chi connectivity index (χ3v) is 5.90. The normalized spacial score (nSPS) is 12.0. The second-order valence-corrected chi connectivity index (χ2v) is 7.84. The Bertz CT molecular complexity index is 1250. The molecule has 0 aliphatic heterocycles. The van der Waals surface area contributed by atoms with E-state index in [1.165, 1.54) is 36.5 Å². The number of nitrogens with one attached hydrogen (secondary N) is 2. The van der Waals surface area contributed by atoms with Crippen LogP contribution >= 0.6 is 11.3 Å². The minimum Gasteiger partial charge on any atom is -0.448 e. The van der Waals surface area contributed by atoms with Crippen molar-refractivity contribution in [2.45, 2.75) is 33.3 Å². The Morgan fingerprint density at radius 3 is 2.71 bits per heavy atom. The van der Waals surface area contributed by atoms with E-state index in [9.17, 15) is 9.59 Å². The van der Waals surface area contributed by atoms with Gasteiger partial charge >= 0.3 is 5.97 Å². The van der Waals surface area contributed by atoms with Crippen molar-refractivity contribution in [3.63, 3.8) is 0 Å². The first-order valence-corrected chi connectivity index (χ1v) is 10.5. The second-order valence-electron chi connectivity index (χ2n) is 6.84. The molecule has 0 fully saturated rings. The molecule has 9 nitrogen and oxygen atoms in total. The number of hydrogen-bond donors (Lipinski definition) is 2. The topological polar surface area (TPSA) is 123 Å². The number of H-pyrrole nitrogens is 1. The van der Waals surface area contributed by atoms with Crippen molar-refractivity contribution >= 4 is 40.2 Å². The van der Waals surface area contributed by atoms with Crippen LogP contribution in [0.3, 0.4) is 0 Å². The summed E-state index contributed by atoms with van der Waals surface area (Å²) in [5.74, 6) is -0.842. The number of aryl methyl sites for hydroxylation is 2. The van der Waals surface area contributed by atoms with Crippen LogP contribution < -0.4 is 5.32 Å². The van der Waals surface area contributed by atoms with Crippen LogP contribution in [0.2, 0.25) is 0 Å². The number of aromatic nitrogens is 5. The molecule has 0 saturated carbocycles. The molecule has 0 spiro atoms. The summed E-state index contributed by atoms with van der Waals surface area (Å²) in [6.45, 7) is 5.34. The molecule has 1 amide bonds. The summed E-state index contributed by atoms with van der Waals surface area (Å²) in [7, 11) is 0. The van der Waals surface area contributed by atoms with Gasteiger partial charge in [0.1, 0.15) is 21.7 Å². The van der Waals surface area contributed by atoms with Crippen LogP contribution in [0.1, 0.15) is 34.8 Å². The van der Waals surface area contributed by atoms with Gasteiger partial charge in [0.15, 0.2) is 17.6 Å². The Balaban J connectivity index is 1.45. The Kier molecular flexibility index (Phi) is 5.72. The third kappa shape index (κ3) is 4.29. The Hall–Kier alpha value is -3.66. The fraction of sp³-hybridized carbons (Fsp3) is 0.238. The van der Waals surface area contributed by atoms with E-state index in [0.29, 0.717) is 21.7 Å². The molecule has 3 aromatic heterocycles. The van der Waals surface area contributed by atoms with Crippen molar-refractivity contribution in [3.05, 3.63) is 53.1 Å². The van der Waals surface area contributed by atoms with Crippen molar-refractivity contribution in [1.82, 2.24) is 24.9 Å². The first kappa shape index (κ1) is 20.6. The highest BCUT2D eigenvalue weighted by atomic mass is 32.1. The highest BCUT2D eigenvalue weighted by molar-refractivity contribution is 7.17. The minimum atomic E-state index is -1.03. The van der Waals surface area contributed by atoms with Crippen LogP contribution in [0.4, 0.5) is 5.82 Å². The van der Waals surface area contributed by atoms with Gasteiger partial charge in [0.2, 0.25) is 0 Å². The molecule has 3 heterocycles. The number of aromatic amines is 1. The van der Waals surface area contributed by atoms with Crippen LogP contribution in [0.15, 0.2) is 36.9 Å². The largest absolute Gasteiger partial charge is 0.448 e. The number of nitrogens with zero attached hydrogens (tertiary/aromatic N) is 4. The number of hydrogen-bond acceptors (Lipinski definition) is 8. The fourth-order valence-corrected chi connectivity index (χ4v) is 3.89. The van der Waals surface area contributed by atoms with Gasteiger partial charge in [-0.15, -0.1) is 11.3 Å². The van der Waals surface area contributed by atoms with E-state index in [-0.39, 0.29) is 5.82 Å². The van der Waals surface area contributed by atoms with Gasteiger partial charge in [-0.3, -0.25) is 4.79 Å².